The Morgan fingerprint density at radius 1 is 1.86 bits per heavy atom. The van der Waals surface area contributed by atoms with Crippen molar-refractivity contribution in [2.24, 2.45) is 10.9 Å². The maximum atomic E-state index is 8.43. The maximum absolute atomic E-state index is 8.43. The van der Waals surface area contributed by atoms with E-state index < -0.39 is 0 Å². The first-order valence-corrected chi connectivity index (χ1v) is 5.12. The van der Waals surface area contributed by atoms with Crippen LogP contribution in [-0.4, -0.2) is 29.1 Å². The molecule has 14 heavy (non-hydrogen) atoms. The fourth-order valence-electron chi connectivity index (χ4n) is 1.06. The van der Waals surface area contributed by atoms with Gasteiger partial charge in [-0.2, -0.15) is 0 Å². The van der Waals surface area contributed by atoms with Gasteiger partial charge in [-0.3, -0.25) is 0 Å². The van der Waals surface area contributed by atoms with Crippen LogP contribution in [0.15, 0.2) is 16.7 Å². The van der Waals surface area contributed by atoms with Crippen LogP contribution in [0.5, 0.6) is 0 Å². The smallest absolute Gasteiger partial charge is 0.185 e. The Kier molecular flexibility index (Phi) is 3.70. The van der Waals surface area contributed by atoms with E-state index in [1.54, 1.807) is 17.5 Å². The maximum Gasteiger partial charge on any atom is 0.185 e. The summed E-state index contributed by atoms with van der Waals surface area (Å²) in [5.74, 6) is 0.237. The quantitative estimate of drug-likeness (QED) is 0.341. The number of oxime groups is 1. The standard InChI is InChI=1S/C8H14N4OS/c1-6(5-7(9)11-13)12(2)8-10-3-4-14-8/h3-4,6,13H,5H2,1-2H3,(H2,9,11). The minimum atomic E-state index is 0.164. The van der Waals surface area contributed by atoms with Gasteiger partial charge in [0.2, 0.25) is 0 Å². The Morgan fingerprint density at radius 2 is 2.57 bits per heavy atom. The van der Waals surface area contributed by atoms with E-state index in [4.69, 9.17) is 10.9 Å². The van der Waals surface area contributed by atoms with E-state index in [0.717, 1.165) is 5.13 Å². The fraction of sp³-hybridized carbons (Fsp3) is 0.500. The Labute approximate surface area is 86.9 Å². The van der Waals surface area contributed by atoms with E-state index in [2.05, 4.69) is 10.1 Å². The molecule has 0 aliphatic heterocycles. The summed E-state index contributed by atoms with van der Waals surface area (Å²) in [6.45, 7) is 2.00. The van der Waals surface area contributed by atoms with Crippen LogP contribution in [0.3, 0.4) is 0 Å². The second kappa shape index (κ2) is 4.80. The number of nitrogens with zero attached hydrogens (tertiary/aromatic N) is 3. The van der Waals surface area contributed by atoms with Gasteiger partial charge in [0.15, 0.2) is 5.13 Å². The average Bonchev–Trinajstić information content (AvgIpc) is 2.69. The molecule has 1 aromatic rings. The lowest BCUT2D eigenvalue weighted by Gasteiger charge is -2.23. The summed E-state index contributed by atoms with van der Waals surface area (Å²) in [5, 5.41) is 14.2. The van der Waals surface area contributed by atoms with Gasteiger partial charge in [0.05, 0.1) is 0 Å². The van der Waals surface area contributed by atoms with Crippen LogP contribution in [0.1, 0.15) is 13.3 Å². The number of hydrogen-bond acceptors (Lipinski definition) is 5. The van der Waals surface area contributed by atoms with Crippen molar-refractivity contribution in [1.82, 2.24) is 4.98 Å². The third kappa shape index (κ3) is 2.59. The molecule has 0 radical (unpaired) electrons. The molecule has 1 atom stereocenters. The van der Waals surface area contributed by atoms with E-state index in [1.165, 1.54) is 0 Å². The molecule has 1 unspecified atom stereocenters. The molecule has 0 saturated heterocycles. The highest BCUT2D eigenvalue weighted by molar-refractivity contribution is 7.13. The highest BCUT2D eigenvalue weighted by Crippen LogP contribution is 2.18. The van der Waals surface area contributed by atoms with Crippen molar-refractivity contribution in [2.45, 2.75) is 19.4 Å². The Hall–Kier alpha value is -1.30. The zero-order chi connectivity index (χ0) is 10.6. The van der Waals surface area contributed by atoms with Gasteiger partial charge in [-0.1, -0.05) is 5.16 Å². The summed E-state index contributed by atoms with van der Waals surface area (Å²) in [6.07, 6.45) is 2.28. The number of anilines is 1. The van der Waals surface area contributed by atoms with Gasteiger partial charge in [-0.15, -0.1) is 11.3 Å². The van der Waals surface area contributed by atoms with Crippen molar-refractivity contribution in [3.63, 3.8) is 0 Å². The zero-order valence-electron chi connectivity index (χ0n) is 8.21. The van der Waals surface area contributed by atoms with Crippen molar-refractivity contribution in [3.8, 4) is 0 Å². The molecule has 1 aromatic heterocycles. The topological polar surface area (TPSA) is 74.7 Å². The summed E-state index contributed by atoms with van der Waals surface area (Å²) < 4.78 is 0. The molecule has 78 valence electrons. The molecule has 3 N–H and O–H groups in total. The van der Waals surface area contributed by atoms with E-state index in [0.29, 0.717) is 6.42 Å². The summed E-state index contributed by atoms with van der Waals surface area (Å²) in [4.78, 5) is 6.17. The number of thiazole rings is 1. The van der Waals surface area contributed by atoms with Gasteiger partial charge in [-0.25, -0.2) is 4.98 Å². The SMILES string of the molecule is CC(CC(N)=NO)N(C)c1nccs1. The van der Waals surface area contributed by atoms with E-state index in [1.807, 2.05) is 24.3 Å². The zero-order valence-corrected chi connectivity index (χ0v) is 9.03. The molecule has 0 bridgehead atoms. The average molecular weight is 214 g/mol. The summed E-state index contributed by atoms with van der Waals surface area (Å²) >= 11 is 1.57. The van der Waals surface area contributed by atoms with Gasteiger partial charge in [0.25, 0.3) is 0 Å². The monoisotopic (exact) mass is 214 g/mol. The van der Waals surface area contributed by atoms with Crippen molar-refractivity contribution in [2.75, 3.05) is 11.9 Å². The molecule has 0 spiro atoms. The molecule has 0 aliphatic rings. The summed E-state index contributed by atoms with van der Waals surface area (Å²) in [6, 6.07) is 0.164. The van der Waals surface area contributed by atoms with Crippen LogP contribution in [0.4, 0.5) is 5.13 Å². The first-order valence-electron chi connectivity index (χ1n) is 4.24. The molecule has 0 aliphatic carbocycles. The van der Waals surface area contributed by atoms with Crippen LogP contribution in [-0.2, 0) is 0 Å². The van der Waals surface area contributed by atoms with Gasteiger partial charge in [-0.05, 0) is 6.92 Å². The van der Waals surface area contributed by atoms with E-state index in [9.17, 15) is 0 Å². The second-order valence-electron chi connectivity index (χ2n) is 3.07. The first-order chi connectivity index (χ1) is 6.65. The highest BCUT2D eigenvalue weighted by Gasteiger charge is 2.13. The number of hydrogen-bond donors (Lipinski definition) is 2. The van der Waals surface area contributed by atoms with Crippen LogP contribution >= 0.6 is 11.3 Å². The molecule has 0 aromatic carbocycles. The minimum absolute atomic E-state index is 0.164. The minimum Gasteiger partial charge on any atom is -0.409 e. The summed E-state index contributed by atoms with van der Waals surface area (Å²) in [5.41, 5.74) is 5.42. The molecule has 0 amide bonds. The van der Waals surface area contributed by atoms with Crippen LogP contribution < -0.4 is 10.6 Å². The van der Waals surface area contributed by atoms with Crippen molar-refractivity contribution < 1.29 is 5.21 Å². The number of amidine groups is 1. The lowest BCUT2D eigenvalue weighted by Crippen LogP contribution is -2.33. The van der Waals surface area contributed by atoms with Gasteiger partial charge >= 0.3 is 0 Å². The normalized spacial score (nSPS) is 14.0. The van der Waals surface area contributed by atoms with Crippen LogP contribution in [0, 0.1) is 0 Å². The predicted molar refractivity (Wildman–Crippen MR) is 58.0 cm³/mol. The van der Waals surface area contributed by atoms with Crippen molar-refractivity contribution >= 4 is 22.3 Å². The van der Waals surface area contributed by atoms with Gasteiger partial charge in [0.1, 0.15) is 5.84 Å². The molecule has 5 nitrogen and oxygen atoms in total. The molecule has 1 heterocycles. The lowest BCUT2D eigenvalue weighted by molar-refractivity contribution is 0.316. The largest absolute Gasteiger partial charge is 0.409 e. The molecule has 6 heteroatoms. The number of nitrogens with two attached hydrogens (primary N) is 1. The summed E-state index contributed by atoms with van der Waals surface area (Å²) in [7, 11) is 1.94. The number of aromatic nitrogens is 1. The van der Waals surface area contributed by atoms with Gasteiger partial charge < -0.3 is 15.8 Å². The first kappa shape index (κ1) is 10.8. The predicted octanol–water partition coefficient (Wildman–Crippen LogP) is 1.10. The Balaban J connectivity index is 2.57. The van der Waals surface area contributed by atoms with E-state index in [-0.39, 0.29) is 11.9 Å². The van der Waals surface area contributed by atoms with Crippen LogP contribution in [0.2, 0.25) is 0 Å². The molecular formula is C8H14N4OS. The van der Waals surface area contributed by atoms with Crippen molar-refractivity contribution in [3.05, 3.63) is 11.6 Å². The molecular weight excluding hydrogens is 200 g/mol. The van der Waals surface area contributed by atoms with Crippen molar-refractivity contribution in [1.29, 1.82) is 0 Å². The van der Waals surface area contributed by atoms with E-state index >= 15 is 0 Å². The fourth-order valence-corrected chi connectivity index (χ4v) is 1.77. The molecule has 0 saturated carbocycles. The number of rotatable bonds is 4. The molecule has 0 fully saturated rings. The molecule has 1 rings (SSSR count). The Morgan fingerprint density at radius 3 is 3.07 bits per heavy atom. The Bertz CT molecular complexity index is 298. The third-order valence-electron chi connectivity index (χ3n) is 2.02. The highest BCUT2D eigenvalue weighted by atomic mass is 32.1. The third-order valence-corrected chi connectivity index (χ3v) is 2.88. The second-order valence-corrected chi connectivity index (χ2v) is 3.94. The van der Waals surface area contributed by atoms with Gasteiger partial charge in [0, 0.05) is 31.1 Å². The lowest BCUT2D eigenvalue weighted by atomic mass is 10.2. The van der Waals surface area contributed by atoms with Crippen LogP contribution in [0.25, 0.3) is 0 Å².